The Morgan fingerprint density at radius 3 is 2.95 bits per heavy atom. The number of benzene rings is 1. The molecule has 3 aromatic rings. The van der Waals surface area contributed by atoms with Gasteiger partial charge in [-0.05, 0) is 22.0 Å². The zero-order chi connectivity index (χ0) is 13.6. The molecule has 0 bridgehead atoms. The fourth-order valence-corrected chi connectivity index (χ4v) is 2.56. The van der Waals surface area contributed by atoms with Crippen LogP contribution < -0.4 is 0 Å². The number of aryl methyl sites for hydroxylation is 1. The smallest absolute Gasteiger partial charge is 0.374 e. The first kappa shape index (κ1) is 11.9. The Morgan fingerprint density at radius 1 is 1.47 bits per heavy atom. The Morgan fingerprint density at radius 2 is 2.26 bits per heavy atom. The van der Waals surface area contributed by atoms with E-state index in [0.717, 1.165) is 21.1 Å². The second-order valence-electron chi connectivity index (χ2n) is 4.00. The van der Waals surface area contributed by atoms with Crippen LogP contribution in [0.1, 0.15) is 10.6 Å². The van der Waals surface area contributed by atoms with Gasteiger partial charge in [0.2, 0.25) is 5.76 Å². The standard InChI is InChI=1S/C12H8BrN3O3/c1-16-10-6(3-2-4-7(10)11(13)14-16)8-5-9(12(17)18)19-15-8/h2-5H,1H3,(H,17,18). The van der Waals surface area contributed by atoms with Gasteiger partial charge in [0.25, 0.3) is 0 Å². The number of carbonyl (C=O) groups is 1. The fraction of sp³-hybridized carbons (Fsp3) is 0.0833. The molecule has 0 aliphatic heterocycles. The maximum Gasteiger partial charge on any atom is 0.374 e. The van der Waals surface area contributed by atoms with Crippen molar-refractivity contribution in [3.05, 3.63) is 34.6 Å². The van der Waals surface area contributed by atoms with Gasteiger partial charge in [0.15, 0.2) is 0 Å². The molecule has 0 radical (unpaired) electrons. The molecule has 0 aliphatic rings. The lowest BCUT2D eigenvalue weighted by molar-refractivity contribution is 0.0652. The summed E-state index contributed by atoms with van der Waals surface area (Å²) in [5.74, 6) is -1.33. The van der Waals surface area contributed by atoms with Crippen molar-refractivity contribution in [3.8, 4) is 11.3 Å². The van der Waals surface area contributed by atoms with Crippen LogP contribution in [0.5, 0.6) is 0 Å². The normalized spacial score (nSPS) is 11.1. The summed E-state index contributed by atoms with van der Waals surface area (Å²) in [6, 6.07) is 7.03. The number of carboxylic acid groups (broad SMARTS) is 1. The first-order valence-corrected chi connectivity index (χ1v) is 6.19. The summed E-state index contributed by atoms with van der Waals surface area (Å²) in [5.41, 5.74) is 2.10. The minimum Gasteiger partial charge on any atom is -0.475 e. The van der Waals surface area contributed by atoms with E-state index in [9.17, 15) is 4.79 Å². The maximum atomic E-state index is 10.8. The molecule has 2 heterocycles. The number of rotatable bonds is 2. The molecular formula is C12H8BrN3O3. The molecule has 2 aromatic heterocycles. The number of aromatic carboxylic acids is 1. The van der Waals surface area contributed by atoms with Gasteiger partial charge in [0.05, 0.1) is 5.52 Å². The molecule has 1 N–H and O–H groups in total. The molecule has 7 heteroatoms. The second-order valence-corrected chi connectivity index (χ2v) is 4.75. The highest BCUT2D eigenvalue weighted by Crippen LogP contribution is 2.31. The van der Waals surface area contributed by atoms with E-state index < -0.39 is 5.97 Å². The number of para-hydroxylation sites is 1. The van der Waals surface area contributed by atoms with Crippen LogP contribution in [-0.4, -0.2) is 26.0 Å². The molecule has 19 heavy (non-hydrogen) atoms. The lowest BCUT2D eigenvalue weighted by Crippen LogP contribution is -1.92. The van der Waals surface area contributed by atoms with Crippen molar-refractivity contribution in [1.82, 2.24) is 14.9 Å². The molecule has 0 spiro atoms. The number of fused-ring (bicyclic) bond motifs is 1. The van der Waals surface area contributed by atoms with Crippen LogP contribution in [0.15, 0.2) is 33.4 Å². The van der Waals surface area contributed by atoms with Crippen LogP contribution in [0.25, 0.3) is 22.2 Å². The van der Waals surface area contributed by atoms with Crippen molar-refractivity contribution in [3.63, 3.8) is 0 Å². The Hall–Kier alpha value is -2.15. The summed E-state index contributed by atoms with van der Waals surface area (Å²) in [5, 5.41) is 17.9. The molecule has 0 atom stereocenters. The highest BCUT2D eigenvalue weighted by atomic mass is 79.9. The van der Waals surface area contributed by atoms with E-state index in [1.165, 1.54) is 6.07 Å². The van der Waals surface area contributed by atoms with Crippen molar-refractivity contribution in [2.45, 2.75) is 0 Å². The zero-order valence-corrected chi connectivity index (χ0v) is 11.4. The SMILES string of the molecule is Cn1nc(Br)c2cccc(-c3cc(C(=O)O)on3)c21. The van der Waals surface area contributed by atoms with E-state index in [1.54, 1.807) is 4.68 Å². The third-order valence-electron chi connectivity index (χ3n) is 2.82. The molecule has 0 aliphatic carbocycles. The summed E-state index contributed by atoms with van der Waals surface area (Å²) >= 11 is 3.38. The van der Waals surface area contributed by atoms with Gasteiger partial charge in [-0.1, -0.05) is 17.3 Å². The third kappa shape index (κ3) is 1.82. The van der Waals surface area contributed by atoms with Gasteiger partial charge < -0.3 is 9.63 Å². The average molecular weight is 322 g/mol. The maximum absolute atomic E-state index is 10.8. The Kier molecular flexibility index (Phi) is 2.63. The summed E-state index contributed by atoms with van der Waals surface area (Å²) < 4.78 is 7.23. The van der Waals surface area contributed by atoms with Crippen LogP contribution in [0.3, 0.4) is 0 Å². The van der Waals surface area contributed by atoms with E-state index in [0.29, 0.717) is 5.69 Å². The lowest BCUT2D eigenvalue weighted by Gasteiger charge is -2.00. The largest absolute Gasteiger partial charge is 0.475 e. The Bertz CT molecular complexity index is 791. The van der Waals surface area contributed by atoms with E-state index in [-0.39, 0.29) is 5.76 Å². The van der Waals surface area contributed by atoms with Crippen molar-refractivity contribution in [1.29, 1.82) is 0 Å². The third-order valence-corrected chi connectivity index (χ3v) is 3.40. The van der Waals surface area contributed by atoms with Gasteiger partial charge >= 0.3 is 5.97 Å². The van der Waals surface area contributed by atoms with Crippen LogP contribution in [0.2, 0.25) is 0 Å². The van der Waals surface area contributed by atoms with Crippen molar-refractivity contribution in [2.75, 3.05) is 0 Å². The highest BCUT2D eigenvalue weighted by Gasteiger charge is 2.17. The van der Waals surface area contributed by atoms with Crippen LogP contribution in [0, 0.1) is 0 Å². The number of hydrogen-bond donors (Lipinski definition) is 1. The lowest BCUT2D eigenvalue weighted by atomic mass is 10.1. The Balaban J connectivity index is 2.27. The molecule has 6 nitrogen and oxygen atoms in total. The van der Waals surface area contributed by atoms with Crippen LogP contribution >= 0.6 is 15.9 Å². The number of aromatic nitrogens is 3. The van der Waals surface area contributed by atoms with Gasteiger partial charge in [0, 0.05) is 24.1 Å². The monoisotopic (exact) mass is 321 g/mol. The molecule has 96 valence electrons. The summed E-state index contributed by atoms with van der Waals surface area (Å²) in [4.78, 5) is 10.8. The summed E-state index contributed by atoms with van der Waals surface area (Å²) in [7, 11) is 1.81. The molecule has 3 rings (SSSR count). The van der Waals surface area contributed by atoms with Gasteiger partial charge in [-0.3, -0.25) is 4.68 Å². The van der Waals surface area contributed by atoms with Crippen LogP contribution in [-0.2, 0) is 7.05 Å². The number of hydrogen-bond acceptors (Lipinski definition) is 4. The van der Waals surface area contributed by atoms with E-state index in [1.807, 2.05) is 25.2 Å². The van der Waals surface area contributed by atoms with Crippen molar-refractivity contribution in [2.24, 2.45) is 7.05 Å². The number of carboxylic acids is 1. The predicted octanol–water partition coefficient (Wildman–Crippen LogP) is 2.69. The number of halogens is 1. The minimum absolute atomic E-state index is 0.187. The van der Waals surface area contributed by atoms with Crippen LogP contribution in [0.4, 0.5) is 0 Å². The molecule has 0 amide bonds. The van der Waals surface area contributed by atoms with Gasteiger partial charge in [0.1, 0.15) is 10.3 Å². The number of nitrogens with zero attached hydrogens (tertiary/aromatic N) is 3. The predicted molar refractivity (Wildman–Crippen MR) is 70.9 cm³/mol. The molecular weight excluding hydrogens is 314 g/mol. The zero-order valence-electron chi connectivity index (χ0n) is 9.79. The highest BCUT2D eigenvalue weighted by molar-refractivity contribution is 9.10. The van der Waals surface area contributed by atoms with E-state index >= 15 is 0 Å². The minimum atomic E-state index is -1.14. The summed E-state index contributed by atoms with van der Waals surface area (Å²) in [6.07, 6.45) is 0. The molecule has 1 aromatic carbocycles. The van der Waals surface area contributed by atoms with Crippen molar-refractivity contribution < 1.29 is 14.4 Å². The average Bonchev–Trinajstić information content (AvgIpc) is 2.96. The first-order chi connectivity index (χ1) is 9.08. The van der Waals surface area contributed by atoms with Gasteiger partial charge in [-0.15, -0.1) is 0 Å². The first-order valence-electron chi connectivity index (χ1n) is 5.39. The van der Waals surface area contributed by atoms with Crippen molar-refractivity contribution >= 4 is 32.8 Å². The molecule has 0 unspecified atom stereocenters. The quantitative estimate of drug-likeness (QED) is 0.784. The molecule has 0 saturated heterocycles. The topological polar surface area (TPSA) is 81.2 Å². The summed E-state index contributed by atoms with van der Waals surface area (Å²) in [6.45, 7) is 0. The Labute approximate surface area is 115 Å². The molecule has 0 saturated carbocycles. The fourth-order valence-electron chi connectivity index (χ4n) is 2.00. The van der Waals surface area contributed by atoms with E-state index in [2.05, 4.69) is 26.2 Å². The second kappa shape index (κ2) is 4.20. The van der Waals surface area contributed by atoms with Gasteiger partial charge in [-0.2, -0.15) is 5.10 Å². The van der Waals surface area contributed by atoms with E-state index in [4.69, 9.17) is 9.63 Å². The molecule has 0 fully saturated rings. The van der Waals surface area contributed by atoms with Gasteiger partial charge in [-0.25, -0.2) is 4.79 Å².